The summed E-state index contributed by atoms with van der Waals surface area (Å²) < 4.78 is 36.4. The van der Waals surface area contributed by atoms with Gasteiger partial charge in [-0.2, -0.15) is 18.2 Å². The van der Waals surface area contributed by atoms with E-state index in [-0.39, 0.29) is 22.9 Å². The number of ether oxygens (including phenoxy) is 1. The number of carbonyl (C=O) groups is 1. The monoisotopic (exact) mass is 538 g/mol. The fourth-order valence-corrected chi connectivity index (χ4v) is 4.18. The van der Waals surface area contributed by atoms with Gasteiger partial charge in [0.2, 0.25) is 5.69 Å². The van der Waals surface area contributed by atoms with Crippen molar-refractivity contribution in [3.05, 3.63) is 89.3 Å². The highest BCUT2D eigenvalue weighted by molar-refractivity contribution is 7.87. The van der Waals surface area contributed by atoms with Gasteiger partial charge in [-0.15, -0.1) is 0 Å². The van der Waals surface area contributed by atoms with Crippen LogP contribution in [0.25, 0.3) is 5.69 Å². The maximum atomic E-state index is 12.9. The van der Waals surface area contributed by atoms with Crippen molar-refractivity contribution in [2.24, 2.45) is 0 Å². The fraction of sp³-hybridized carbons (Fsp3) is 0.150. The van der Waals surface area contributed by atoms with Crippen molar-refractivity contribution in [2.45, 2.75) is 18.7 Å². The minimum atomic E-state index is -5.05. The van der Waals surface area contributed by atoms with E-state index in [1.807, 2.05) is 0 Å². The summed E-state index contributed by atoms with van der Waals surface area (Å²) in [5.74, 6) is -2.03. The van der Waals surface area contributed by atoms with Crippen LogP contribution in [0.5, 0.6) is 5.75 Å². The van der Waals surface area contributed by atoms with E-state index >= 15 is 0 Å². The zero-order valence-electron chi connectivity index (χ0n) is 18.4. The predicted molar refractivity (Wildman–Crippen MR) is 123 cm³/mol. The Hall–Kier alpha value is -4.37. The minimum absolute atomic E-state index is 0.0638. The van der Waals surface area contributed by atoms with Crippen LogP contribution < -0.4 is 9.74 Å². The largest absolute Gasteiger partial charge is 0.461 e. The lowest BCUT2D eigenvalue weighted by atomic mass is 10.1. The molecular formula is C20H15ClN4O10S. The average Bonchev–Trinajstić information content (AvgIpc) is 2.79. The van der Waals surface area contributed by atoms with Crippen LogP contribution in [0.4, 0.5) is 11.4 Å². The molecular weight excluding hydrogens is 524 g/mol. The van der Waals surface area contributed by atoms with Gasteiger partial charge in [0.15, 0.2) is 5.75 Å². The summed E-state index contributed by atoms with van der Waals surface area (Å²) in [5.41, 5.74) is -3.74. The molecule has 0 amide bonds. The smallest absolute Gasteiger partial charge is 0.362 e. The Morgan fingerprint density at radius 1 is 1.11 bits per heavy atom. The van der Waals surface area contributed by atoms with Crippen molar-refractivity contribution >= 4 is 39.1 Å². The third-order valence-corrected chi connectivity index (χ3v) is 6.19. The Morgan fingerprint density at radius 2 is 1.69 bits per heavy atom. The molecule has 36 heavy (non-hydrogen) atoms. The van der Waals surface area contributed by atoms with Crippen LogP contribution in [-0.2, 0) is 14.9 Å². The van der Waals surface area contributed by atoms with E-state index in [4.69, 9.17) is 20.5 Å². The first-order valence-corrected chi connectivity index (χ1v) is 11.6. The molecule has 0 saturated heterocycles. The molecule has 0 bridgehead atoms. The standard InChI is InChI=1S/C20H15ClN4O10S/c1-3-34-20(27)19-17(10-18(26)23(22-19)14-7-5-4-6-13(14)21)35-36(32,33)12-8-15(24(28)29)11(2)16(9-12)25(30)31/h4-10H,3H2,1-2H3. The van der Waals surface area contributed by atoms with Crippen molar-refractivity contribution in [1.29, 1.82) is 0 Å². The van der Waals surface area contributed by atoms with Gasteiger partial charge < -0.3 is 8.92 Å². The third-order valence-electron chi connectivity index (χ3n) is 4.65. The number of rotatable bonds is 8. The van der Waals surface area contributed by atoms with E-state index in [2.05, 4.69) is 5.10 Å². The second kappa shape index (κ2) is 10.1. The summed E-state index contributed by atoms with van der Waals surface area (Å²) >= 11 is 6.09. The average molecular weight is 539 g/mol. The number of carbonyl (C=O) groups excluding carboxylic acids is 1. The third kappa shape index (κ3) is 5.16. The van der Waals surface area contributed by atoms with Crippen LogP contribution >= 0.6 is 11.6 Å². The Balaban J connectivity index is 2.20. The molecule has 0 aliphatic heterocycles. The SMILES string of the molecule is CCOC(=O)c1nn(-c2ccccc2Cl)c(=O)cc1OS(=O)(=O)c1cc([N+](=O)[O-])c(C)c([N+](=O)[O-])c1. The summed E-state index contributed by atoms with van der Waals surface area (Å²) in [6, 6.07) is 7.70. The highest BCUT2D eigenvalue weighted by Crippen LogP contribution is 2.33. The van der Waals surface area contributed by atoms with E-state index in [0.717, 1.165) is 11.6 Å². The Morgan fingerprint density at radius 3 is 2.22 bits per heavy atom. The summed E-state index contributed by atoms with van der Waals surface area (Å²) in [6.45, 7) is 2.39. The number of nitrogens with zero attached hydrogens (tertiary/aromatic N) is 4. The first kappa shape index (κ1) is 26.2. The van der Waals surface area contributed by atoms with Crippen molar-refractivity contribution in [3.8, 4) is 11.4 Å². The first-order chi connectivity index (χ1) is 16.9. The van der Waals surface area contributed by atoms with Gasteiger partial charge in [-0.25, -0.2) is 4.79 Å². The van der Waals surface area contributed by atoms with Gasteiger partial charge in [0, 0.05) is 12.1 Å². The van der Waals surface area contributed by atoms with E-state index in [9.17, 15) is 38.2 Å². The van der Waals surface area contributed by atoms with E-state index in [0.29, 0.717) is 18.2 Å². The van der Waals surface area contributed by atoms with E-state index in [1.165, 1.54) is 25.1 Å². The Bertz CT molecular complexity index is 1530. The van der Waals surface area contributed by atoms with E-state index < -0.39 is 59.2 Å². The van der Waals surface area contributed by atoms with Crippen LogP contribution in [0, 0.1) is 27.2 Å². The highest BCUT2D eigenvalue weighted by Gasteiger charge is 2.31. The molecule has 0 aliphatic rings. The van der Waals surface area contributed by atoms with Crippen molar-refractivity contribution in [2.75, 3.05) is 6.61 Å². The number of nitro benzene ring substituents is 2. The molecule has 1 aromatic heterocycles. The van der Waals surface area contributed by atoms with Gasteiger partial charge in [-0.3, -0.25) is 25.0 Å². The summed E-state index contributed by atoms with van der Waals surface area (Å²) in [6.07, 6.45) is 0. The molecule has 0 saturated carbocycles. The number of halogens is 1. The molecule has 14 nitrogen and oxygen atoms in total. The molecule has 0 spiro atoms. The number of para-hydroxylation sites is 1. The Kier molecular flexibility index (Phi) is 7.35. The molecule has 0 atom stereocenters. The van der Waals surface area contributed by atoms with Crippen molar-refractivity contribution in [3.63, 3.8) is 0 Å². The highest BCUT2D eigenvalue weighted by atomic mass is 35.5. The molecule has 0 N–H and O–H groups in total. The molecule has 16 heteroatoms. The summed E-state index contributed by atoms with van der Waals surface area (Å²) in [4.78, 5) is 44.9. The number of aromatic nitrogens is 2. The topological polar surface area (TPSA) is 191 Å². The maximum Gasteiger partial charge on any atom is 0.362 e. The fourth-order valence-electron chi connectivity index (χ4n) is 2.99. The van der Waals surface area contributed by atoms with Crippen LogP contribution in [0.15, 0.2) is 52.2 Å². The number of hydrogen-bond acceptors (Lipinski definition) is 11. The van der Waals surface area contributed by atoms with Gasteiger partial charge >= 0.3 is 16.1 Å². The Labute approximate surface area is 207 Å². The van der Waals surface area contributed by atoms with Gasteiger partial charge in [-0.1, -0.05) is 23.7 Å². The molecule has 0 aliphatic carbocycles. The van der Waals surface area contributed by atoms with Gasteiger partial charge in [0.25, 0.3) is 16.9 Å². The van der Waals surface area contributed by atoms with Crippen LogP contribution in [0.2, 0.25) is 5.02 Å². The second-order valence-electron chi connectivity index (χ2n) is 6.92. The zero-order chi connectivity index (χ0) is 26.8. The summed E-state index contributed by atoms with van der Waals surface area (Å²) in [7, 11) is -5.05. The molecule has 2 aromatic carbocycles. The molecule has 3 rings (SSSR count). The second-order valence-corrected chi connectivity index (χ2v) is 8.87. The van der Waals surface area contributed by atoms with Gasteiger partial charge in [0.05, 0.1) is 33.2 Å². The lowest BCUT2D eigenvalue weighted by molar-refractivity contribution is -0.395. The molecule has 3 aromatic rings. The van der Waals surface area contributed by atoms with Crippen molar-refractivity contribution < 1.29 is 32.0 Å². The van der Waals surface area contributed by atoms with Crippen LogP contribution in [-0.4, -0.2) is 40.6 Å². The maximum absolute atomic E-state index is 12.9. The van der Waals surface area contributed by atoms with Crippen molar-refractivity contribution in [1.82, 2.24) is 9.78 Å². The molecule has 1 heterocycles. The quantitative estimate of drug-likeness (QED) is 0.177. The normalized spacial score (nSPS) is 11.1. The lowest BCUT2D eigenvalue weighted by Gasteiger charge is -2.13. The lowest BCUT2D eigenvalue weighted by Crippen LogP contribution is -2.26. The number of esters is 1. The van der Waals surface area contributed by atoms with Crippen LogP contribution in [0.1, 0.15) is 23.0 Å². The van der Waals surface area contributed by atoms with Gasteiger partial charge in [-0.05, 0) is 26.0 Å². The van der Waals surface area contributed by atoms with E-state index in [1.54, 1.807) is 6.07 Å². The molecule has 0 unspecified atom stereocenters. The number of benzene rings is 2. The molecule has 0 radical (unpaired) electrons. The summed E-state index contributed by atoms with van der Waals surface area (Å²) in [5, 5.41) is 26.6. The van der Waals surface area contributed by atoms with Crippen LogP contribution in [0.3, 0.4) is 0 Å². The zero-order valence-corrected chi connectivity index (χ0v) is 20.0. The number of hydrogen-bond donors (Lipinski definition) is 0. The minimum Gasteiger partial charge on any atom is -0.461 e. The molecule has 0 fully saturated rings. The number of nitro groups is 2. The van der Waals surface area contributed by atoms with Gasteiger partial charge in [0.1, 0.15) is 10.5 Å². The molecule has 188 valence electrons. The predicted octanol–water partition coefficient (Wildman–Crippen LogP) is 2.96. The first-order valence-electron chi connectivity index (χ1n) is 9.81.